The molecule has 2 aliphatic carbocycles. The molecule has 0 saturated heterocycles. The minimum atomic E-state index is 0.944. The van der Waals surface area contributed by atoms with Gasteiger partial charge in [-0.25, -0.2) is 0 Å². The first-order chi connectivity index (χ1) is 11.9. The zero-order valence-electron chi connectivity index (χ0n) is 16.6. The summed E-state index contributed by atoms with van der Waals surface area (Å²) in [5.41, 5.74) is 0. The first kappa shape index (κ1) is 20.4. The Morgan fingerprint density at radius 2 is 0.500 bits per heavy atom. The van der Waals surface area contributed by atoms with Crippen molar-refractivity contribution in [3.63, 3.8) is 0 Å². The third-order valence-corrected chi connectivity index (χ3v) is 6.59. The van der Waals surface area contributed by atoms with Gasteiger partial charge < -0.3 is 0 Å². The predicted octanol–water partition coefficient (Wildman–Crippen LogP) is 8.49. The lowest BCUT2D eigenvalue weighted by atomic mass is 9.50. The van der Waals surface area contributed by atoms with E-state index in [0.717, 1.165) is 11.6 Å². The maximum Gasteiger partial charge on any atom is 0.117 e. The van der Waals surface area contributed by atoms with Crippen LogP contribution in [0.15, 0.2) is 0 Å². The number of rotatable bonds is 2. The Bertz CT molecular complexity index is 251. The summed E-state index contributed by atoms with van der Waals surface area (Å²) in [5.74, 6) is 1.89. The summed E-state index contributed by atoms with van der Waals surface area (Å²) in [4.78, 5) is 0. The fraction of sp³-hybridized carbons (Fsp3) is 1.00. The standard InChI is InChI=1S/C23H44B/c1-2-6-10-14-18-22(19-15-11-7-3-1)24-23-20-16-12-8-4-5-9-13-17-21-23/h22-23H,1-21H2. The Hall–Kier alpha value is 0.0649. The lowest BCUT2D eigenvalue weighted by Crippen LogP contribution is -2.12. The molecule has 0 aromatic heterocycles. The average Bonchev–Trinajstić information content (AvgIpc) is 2.63. The van der Waals surface area contributed by atoms with Gasteiger partial charge in [-0.1, -0.05) is 146 Å². The topological polar surface area (TPSA) is 0 Å². The molecule has 0 spiro atoms. The Labute approximate surface area is 154 Å². The van der Waals surface area contributed by atoms with E-state index in [9.17, 15) is 0 Å². The zero-order chi connectivity index (χ0) is 16.7. The molecule has 0 unspecified atom stereocenters. The molecule has 2 rings (SSSR count). The van der Waals surface area contributed by atoms with Crippen LogP contribution in [-0.2, 0) is 0 Å². The minimum Gasteiger partial charge on any atom is -0.0686 e. The van der Waals surface area contributed by atoms with Gasteiger partial charge in [0.15, 0.2) is 0 Å². The Morgan fingerprint density at radius 3 is 0.750 bits per heavy atom. The quantitative estimate of drug-likeness (QED) is 0.445. The highest BCUT2D eigenvalue weighted by atomic mass is 14.1. The highest BCUT2D eigenvalue weighted by molar-refractivity contribution is 6.39. The van der Waals surface area contributed by atoms with Gasteiger partial charge in [0.1, 0.15) is 7.28 Å². The summed E-state index contributed by atoms with van der Waals surface area (Å²) in [6.45, 7) is 0. The minimum absolute atomic E-state index is 0.944. The van der Waals surface area contributed by atoms with Crippen LogP contribution in [0.3, 0.4) is 0 Å². The van der Waals surface area contributed by atoms with Crippen molar-refractivity contribution in [3.05, 3.63) is 0 Å². The Kier molecular flexibility index (Phi) is 12.1. The first-order valence-electron chi connectivity index (χ1n) is 11.8. The SMILES string of the molecule is [B](C1CCCCCCCCCCC1)C1CCCCCCCCCC1. The van der Waals surface area contributed by atoms with Gasteiger partial charge in [-0.2, -0.15) is 0 Å². The van der Waals surface area contributed by atoms with E-state index in [1.807, 2.05) is 0 Å². The van der Waals surface area contributed by atoms with Crippen LogP contribution in [0.2, 0.25) is 11.6 Å². The molecule has 2 aliphatic rings. The fourth-order valence-corrected chi connectivity index (χ4v) is 4.98. The first-order valence-corrected chi connectivity index (χ1v) is 11.8. The van der Waals surface area contributed by atoms with Crippen molar-refractivity contribution in [3.8, 4) is 0 Å². The lowest BCUT2D eigenvalue weighted by molar-refractivity contribution is 0.496. The van der Waals surface area contributed by atoms with E-state index in [1.54, 1.807) is 0 Å². The van der Waals surface area contributed by atoms with E-state index in [1.165, 1.54) is 135 Å². The van der Waals surface area contributed by atoms with Crippen molar-refractivity contribution < 1.29 is 0 Å². The zero-order valence-corrected chi connectivity index (χ0v) is 16.6. The summed E-state index contributed by atoms with van der Waals surface area (Å²) in [6.07, 6.45) is 31.4. The van der Waals surface area contributed by atoms with Gasteiger partial charge in [-0.05, 0) is 0 Å². The summed E-state index contributed by atoms with van der Waals surface area (Å²) in [6, 6.07) is 0. The van der Waals surface area contributed by atoms with Crippen LogP contribution in [-0.4, -0.2) is 7.28 Å². The Balaban J connectivity index is 1.75. The van der Waals surface area contributed by atoms with Gasteiger partial charge in [-0.3, -0.25) is 0 Å². The van der Waals surface area contributed by atoms with Gasteiger partial charge in [0.05, 0.1) is 0 Å². The van der Waals surface area contributed by atoms with Crippen LogP contribution in [0.1, 0.15) is 135 Å². The number of hydrogen-bond donors (Lipinski definition) is 0. The number of hydrogen-bond acceptors (Lipinski definition) is 0. The molecule has 2 fully saturated rings. The predicted molar refractivity (Wildman–Crippen MR) is 110 cm³/mol. The summed E-state index contributed by atoms with van der Waals surface area (Å²) < 4.78 is 0. The molecule has 0 atom stereocenters. The summed E-state index contributed by atoms with van der Waals surface area (Å²) >= 11 is 0. The normalized spacial score (nSPS) is 25.8. The molecule has 24 heavy (non-hydrogen) atoms. The molecule has 0 heterocycles. The molecule has 0 aromatic carbocycles. The molecule has 2 saturated carbocycles. The second-order valence-corrected chi connectivity index (χ2v) is 8.88. The van der Waals surface area contributed by atoms with Crippen molar-refractivity contribution in [2.45, 2.75) is 146 Å². The van der Waals surface area contributed by atoms with Crippen LogP contribution in [0, 0.1) is 0 Å². The van der Waals surface area contributed by atoms with Crippen molar-refractivity contribution in [1.29, 1.82) is 0 Å². The smallest absolute Gasteiger partial charge is 0.0686 e. The van der Waals surface area contributed by atoms with Crippen molar-refractivity contribution in [2.24, 2.45) is 0 Å². The second kappa shape index (κ2) is 14.3. The van der Waals surface area contributed by atoms with Crippen molar-refractivity contribution >= 4 is 7.28 Å². The Morgan fingerprint density at radius 1 is 0.292 bits per heavy atom. The molecular weight excluding hydrogens is 287 g/mol. The monoisotopic (exact) mass is 331 g/mol. The van der Waals surface area contributed by atoms with E-state index in [2.05, 4.69) is 7.28 Å². The van der Waals surface area contributed by atoms with Gasteiger partial charge >= 0.3 is 0 Å². The van der Waals surface area contributed by atoms with Crippen LogP contribution < -0.4 is 0 Å². The third kappa shape index (κ3) is 10.1. The molecule has 0 aromatic rings. The van der Waals surface area contributed by atoms with Gasteiger partial charge in [0.2, 0.25) is 0 Å². The molecule has 0 aliphatic heterocycles. The van der Waals surface area contributed by atoms with E-state index < -0.39 is 0 Å². The highest BCUT2D eigenvalue weighted by Crippen LogP contribution is 2.33. The van der Waals surface area contributed by atoms with E-state index in [-0.39, 0.29) is 0 Å². The molecule has 1 heteroatoms. The summed E-state index contributed by atoms with van der Waals surface area (Å²) in [7, 11) is 2.86. The van der Waals surface area contributed by atoms with Crippen molar-refractivity contribution in [1.82, 2.24) is 0 Å². The maximum atomic E-state index is 2.86. The van der Waals surface area contributed by atoms with Gasteiger partial charge in [0, 0.05) is 0 Å². The maximum absolute atomic E-state index is 2.86. The second-order valence-electron chi connectivity index (χ2n) is 8.88. The van der Waals surface area contributed by atoms with Crippen LogP contribution in [0.5, 0.6) is 0 Å². The van der Waals surface area contributed by atoms with Crippen LogP contribution >= 0.6 is 0 Å². The largest absolute Gasteiger partial charge is 0.117 e. The average molecular weight is 331 g/mol. The van der Waals surface area contributed by atoms with E-state index >= 15 is 0 Å². The van der Waals surface area contributed by atoms with Crippen molar-refractivity contribution in [2.75, 3.05) is 0 Å². The molecule has 0 nitrogen and oxygen atoms in total. The van der Waals surface area contributed by atoms with Crippen LogP contribution in [0.4, 0.5) is 0 Å². The van der Waals surface area contributed by atoms with Crippen LogP contribution in [0.25, 0.3) is 0 Å². The fourth-order valence-electron chi connectivity index (χ4n) is 4.98. The van der Waals surface area contributed by atoms with Gasteiger partial charge in [-0.15, -0.1) is 0 Å². The van der Waals surface area contributed by atoms with E-state index in [4.69, 9.17) is 0 Å². The highest BCUT2D eigenvalue weighted by Gasteiger charge is 2.18. The third-order valence-electron chi connectivity index (χ3n) is 6.59. The lowest BCUT2D eigenvalue weighted by Gasteiger charge is -2.23. The molecule has 1 radical (unpaired) electrons. The summed E-state index contributed by atoms with van der Waals surface area (Å²) in [5, 5.41) is 0. The molecule has 0 bridgehead atoms. The molecule has 0 N–H and O–H groups in total. The van der Waals surface area contributed by atoms with Gasteiger partial charge in [0.25, 0.3) is 0 Å². The molecule has 139 valence electrons. The molecule has 0 amide bonds. The van der Waals surface area contributed by atoms with E-state index in [0.29, 0.717) is 0 Å². The molecular formula is C23H44B.